The molecule has 2 aliphatic carbocycles. The monoisotopic (exact) mass is 1330 g/mol. The summed E-state index contributed by atoms with van der Waals surface area (Å²) < 4.78 is 16.3. The standard InChI is InChI=1S/C40H41N5O6.C37H37N5O6/c1-3-15-34(42-40(49)51-26-33-31-22-13-11-20-29(31)30-21-12-14-23-32(30)33)37(38(47)41-25-35(46)50-24-4-2)44-45-39(48)43-36(27-16-7-5-8-17-27)28-18-9-6-10-19-28;1-2-13-31(39-37(47)48-23-30-28-20-11-9-18-26(28)27-19-10-12-21-29(27)30)34(35(45)38-22-32(43)44)41-42-36(46)40-33(24-14-5-3-6-15-24)25-16-7-4-8-17-25/h4-14,16-23,33-34,36H,2-3,15,24-26H2,1H3,(H,41,47)(H,42,49)(H2,43,45,48);3-12,14-21,30-31,33H,2,13,22-23H2,1H3,(H,38,45)(H,39,47)(H,43,44)(H2,40,42,46)/p-2. The van der Waals surface area contributed by atoms with Gasteiger partial charge in [-0.1, -0.05) is 258 Å². The number of esters is 1. The van der Waals surface area contributed by atoms with Gasteiger partial charge < -0.3 is 50.8 Å². The zero-order valence-electron chi connectivity index (χ0n) is 54.6. The van der Waals surface area contributed by atoms with E-state index < -0.39 is 85.2 Å². The largest absolute Gasteiger partial charge is 0.599 e. The fraction of sp³-hybridized carbons (Fsp3) is 0.221. The number of rotatable bonds is 28. The van der Waals surface area contributed by atoms with Crippen LogP contribution < -0.4 is 42.3 Å². The lowest BCUT2D eigenvalue weighted by atomic mass is 9.98. The summed E-state index contributed by atoms with van der Waals surface area (Å²) in [7, 11) is 0. The highest BCUT2D eigenvalue weighted by atomic mass is 16.6. The van der Waals surface area contributed by atoms with Crippen LogP contribution in [0, 0.1) is 0 Å². The van der Waals surface area contributed by atoms with Crippen molar-refractivity contribution in [2.24, 2.45) is 20.2 Å². The van der Waals surface area contributed by atoms with E-state index in [1.54, 1.807) is 0 Å². The summed E-state index contributed by atoms with van der Waals surface area (Å²) in [6.07, 6.45) is 1.02. The van der Waals surface area contributed by atoms with Gasteiger partial charge in [0.2, 0.25) is 0 Å². The van der Waals surface area contributed by atoms with Gasteiger partial charge in [0, 0.05) is 25.0 Å². The number of hydrogen-bond donors (Lipinski definition) is 7. The number of aliphatic imine (C=N–C) groups is 2. The molecule has 0 heterocycles. The highest BCUT2D eigenvalue weighted by molar-refractivity contribution is 6.41. The van der Waals surface area contributed by atoms with Crippen LogP contribution in [0.15, 0.2) is 251 Å². The van der Waals surface area contributed by atoms with Crippen molar-refractivity contribution in [2.75, 3.05) is 32.9 Å². The van der Waals surface area contributed by atoms with Crippen LogP contribution in [-0.4, -0.2) is 110 Å². The molecule has 0 bridgehead atoms. The normalized spacial score (nSPS) is 13.2. The molecule has 0 fully saturated rings. The number of amides is 6. The molecule has 0 spiro atoms. The van der Waals surface area contributed by atoms with E-state index in [2.05, 4.69) is 58.9 Å². The molecule has 0 saturated heterocycles. The van der Waals surface area contributed by atoms with Gasteiger partial charge in [-0.05, 0) is 79.6 Å². The first-order chi connectivity index (χ1) is 48.2. The highest BCUT2D eigenvalue weighted by Crippen LogP contribution is 2.46. The van der Waals surface area contributed by atoms with Crippen molar-refractivity contribution in [3.05, 3.63) is 276 Å². The lowest BCUT2D eigenvalue weighted by molar-refractivity contribution is -0.252. The number of aliphatic carboxylic acids is 1. The quantitative estimate of drug-likeness (QED) is 0.00793. The van der Waals surface area contributed by atoms with Crippen molar-refractivity contribution >= 4 is 59.4 Å². The van der Waals surface area contributed by atoms with Crippen LogP contribution in [0.4, 0.5) is 9.59 Å². The zero-order chi connectivity index (χ0) is 69.9. The van der Waals surface area contributed by atoms with Crippen LogP contribution in [0.5, 0.6) is 0 Å². The van der Waals surface area contributed by atoms with E-state index in [0.717, 1.165) is 66.8 Å². The number of hydrogen-bond acceptors (Lipinski definition) is 15. The Morgan fingerprint density at radius 3 is 1.09 bits per heavy atom. The minimum absolute atomic E-state index is 0.0217. The Kier molecular flexibility index (Phi) is 25.9. The maximum absolute atomic E-state index is 13.5. The minimum atomic E-state index is -1.28. The summed E-state index contributed by atoms with van der Waals surface area (Å²) in [4.78, 5) is 84.9. The van der Waals surface area contributed by atoms with Crippen LogP contribution in [0.2, 0.25) is 0 Å². The summed E-state index contributed by atoms with van der Waals surface area (Å²) in [6, 6.07) is 64.4. The van der Waals surface area contributed by atoms with E-state index in [4.69, 9.17) is 19.3 Å². The number of carboxylic acid groups (broad SMARTS) is 1. The first kappa shape index (κ1) is 71.1. The molecule has 0 saturated carbocycles. The van der Waals surface area contributed by atoms with Gasteiger partial charge in [0.25, 0.3) is 11.8 Å². The molecule has 8 aromatic rings. The number of ether oxygens (including phenoxy) is 3. The summed E-state index contributed by atoms with van der Waals surface area (Å²) in [5.41, 5.74) is 15.9. The highest BCUT2D eigenvalue weighted by Gasteiger charge is 2.31. The van der Waals surface area contributed by atoms with Crippen LogP contribution in [0.25, 0.3) is 22.3 Å². The average molecular weight is 1330 g/mol. The van der Waals surface area contributed by atoms with Crippen LogP contribution >= 0.6 is 0 Å². The number of carboxylic acids is 1. The first-order valence-electron chi connectivity index (χ1n) is 32.4. The number of carbonyl (C=O) groups is 6. The lowest BCUT2D eigenvalue weighted by Gasteiger charge is -2.23. The van der Waals surface area contributed by atoms with Gasteiger partial charge in [0.05, 0.1) is 12.1 Å². The van der Waals surface area contributed by atoms with E-state index >= 15 is 0 Å². The smallest absolute Gasteiger partial charge is 0.335 e. The van der Waals surface area contributed by atoms with Gasteiger partial charge in [0.15, 0.2) is 0 Å². The van der Waals surface area contributed by atoms with Crippen molar-refractivity contribution in [2.45, 2.75) is 75.5 Å². The molecule has 2 unspecified atom stereocenters. The van der Waals surface area contributed by atoms with Gasteiger partial charge in [-0.25, -0.2) is 20.4 Å². The number of nitrogens with one attached hydrogen (secondary N) is 6. The molecule has 0 aliphatic heterocycles. The predicted molar refractivity (Wildman–Crippen MR) is 374 cm³/mol. The van der Waals surface area contributed by atoms with Crippen molar-refractivity contribution in [1.29, 1.82) is 0 Å². The van der Waals surface area contributed by atoms with E-state index in [9.17, 15) is 39.0 Å². The molecule has 508 valence electrons. The maximum Gasteiger partial charge on any atom is 0.335 e. The molecular formula is C77H76N10O12-2. The molecule has 0 aromatic heterocycles. The van der Waals surface area contributed by atoms with Crippen LogP contribution in [0.3, 0.4) is 0 Å². The van der Waals surface area contributed by atoms with Gasteiger partial charge in [0.1, 0.15) is 55.4 Å². The number of fused-ring (bicyclic) bond motifs is 6. The molecule has 7 N–H and O–H groups in total. The minimum Gasteiger partial charge on any atom is -0.599 e. The SMILES string of the molecule is C=CCOC(=O)CNC(=O)C(=NNC(=O)NC(c1ccccc1)c1ccccc1)C(CCC)N=C([O-])OCC1c2ccccc2-c2ccccc21.CCCC(N=C([O-])OCC1c2ccccc2-c2ccccc21)C(=NNC(=O)NC(c1ccccc1)c1ccccc1)C(=O)NCC(=O)O. The fourth-order valence-corrected chi connectivity index (χ4v) is 11.7. The number of nitrogens with zero attached hydrogens (tertiary/aromatic N) is 4. The Hall–Kier alpha value is -12.2. The van der Waals surface area contributed by atoms with E-state index in [1.165, 1.54) is 6.08 Å². The molecular weight excluding hydrogens is 1260 g/mol. The van der Waals surface area contributed by atoms with E-state index in [1.807, 2.05) is 232 Å². The Labute approximate surface area is 573 Å². The second kappa shape index (κ2) is 36.1. The van der Waals surface area contributed by atoms with Crippen molar-refractivity contribution in [3.63, 3.8) is 0 Å². The molecule has 99 heavy (non-hydrogen) atoms. The molecule has 0 radical (unpaired) electrons. The summed E-state index contributed by atoms with van der Waals surface area (Å²) in [5, 5.41) is 54.2. The third kappa shape index (κ3) is 19.5. The fourth-order valence-electron chi connectivity index (χ4n) is 11.7. The first-order valence-corrected chi connectivity index (χ1v) is 32.4. The molecule has 10 rings (SSSR count). The Morgan fingerprint density at radius 2 is 0.778 bits per heavy atom. The second-order valence-corrected chi connectivity index (χ2v) is 22.9. The van der Waals surface area contributed by atoms with Gasteiger partial charge in [-0.3, -0.25) is 29.2 Å². The molecule has 22 heteroatoms. The van der Waals surface area contributed by atoms with E-state index in [0.29, 0.717) is 12.8 Å². The van der Waals surface area contributed by atoms with Gasteiger partial charge in [-0.2, -0.15) is 10.2 Å². The van der Waals surface area contributed by atoms with E-state index in [-0.39, 0.29) is 55.9 Å². The van der Waals surface area contributed by atoms with Crippen molar-refractivity contribution in [1.82, 2.24) is 32.1 Å². The zero-order valence-corrected chi connectivity index (χ0v) is 54.6. The maximum atomic E-state index is 13.5. The number of urea groups is 2. The topological polar surface area (TPSA) is 318 Å². The third-order valence-electron chi connectivity index (χ3n) is 16.2. The lowest BCUT2D eigenvalue weighted by Crippen LogP contribution is -2.44. The van der Waals surface area contributed by atoms with Crippen molar-refractivity contribution < 1.29 is 58.3 Å². The van der Waals surface area contributed by atoms with Gasteiger partial charge >= 0.3 is 24.0 Å². The number of benzene rings is 8. The Balaban J connectivity index is 0.000000232. The third-order valence-corrected chi connectivity index (χ3v) is 16.2. The molecule has 8 aromatic carbocycles. The second-order valence-electron chi connectivity index (χ2n) is 22.9. The summed E-state index contributed by atoms with van der Waals surface area (Å²) in [6.45, 7) is 6.03. The van der Waals surface area contributed by atoms with Crippen molar-refractivity contribution in [3.8, 4) is 22.3 Å². The molecule has 2 atom stereocenters. The summed E-state index contributed by atoms with van der Waals surface area (Å²) >= 11 is 0. The molecule has 2 aliphatic rings. The number of hydrazone groups is 2. The van der Waals surface area contributed by atoms with Gasteiger partial charge in [-0.15, -0.1) is 0 Å². The Morgan fingerprint density at radius 1 is 0.465 bits per heavy atom. The summed E-state index contributed by atoms with van der Waals surface area (Å²) in [5.74, 6) is -4.08. The average Bonchev–Trinajstić information content (AvgIpc) is 1.63. The molecule has 22 nitrogen and oxygen atoms in total. The predicted octanol–water partition coefficient (Wildman–Crippen LogP) is 9.34. The van der Waals surface area contributed by atoms with Crippen LogP contribution in [0.1, 0.15) is 108 Å². The van der Waals surface area contributed by atoms with Crippen LogP contribution in [-0.2, 0) is 33.4 Å². The molecule has 6 amide bonds. The number of carbonyl (C=O) groups excluding carboxylic acids is 5. The Bertz CT molecular complexity index is 4040.